The average Bonchev–Trinajstić information content (AvgIpc) is 1.30. The summed E-state index contributed by atoms with van der Waals surface area (Å²) in [5.41, 5.74) is 5.65. The number of aryl methyl sites for hydroxylation is 2. The van der Waals surface area contributed by atoms with Gasteiger partial charge in [-0.25, -0.2) is 14.5 Å². The van der Waals surface area contributed by atoms with E-state index in [-0.39, 0.29) is 111 Å². The molecule has 0 saturated carbocycles. The Kier molecular flexibility index (Phi) is 24.6. The first-order valence-corrected chi connectivity index (χ1v) is 40.2. The van der Waals surface area contributed by atoms with E-state index >= 15 is 0 Å². The largest absolute Gasteiger partial charge is 0.508 e. The van der Waals surface area contributed by atoms with Gasteiger partial charge in [-0.05, 0) is 164 Å². The highest BCUT2D eigenvalue weighted by Crippen LogP contribution is 2.47. The molecule has 0 spiro atoms. The Morgan fingerprint density at radius 1 is 0.582 bits per heavy atom. The van der Waals surface area contributed by atoms with Crippen LogP contribution in [-0.2, 0) is 59.8 Å². The second kappa shape index (κ2) is 34.4. The summed E-state index contributed by atoms with van der Waals surface area (Å²) >= 11 is 0. The summed E-state index contributed by atoms with van der Waals surface area (Å²) in [5.74, 6) is -5.23. The maximum Gasteiger partial charge on any atom is 0.336 e. The van der Waals surface area contributed by atoms with Crippen molar-refractivity contribution in [3.05, 3.63) is 250 Å². The molecule has 4 heterocycles. The Balaban J connectivity index is 0.000000195. The van der Waals surface area contributed by atoms with Crippen LogP contribution in [0.1, 0.15) is 76.8 Å². The van der Waals surface area contributed by atoms with Crippen molar-refractivity contribution in [3.8, 4) is 56.4 Å². The minimum atomic E-state index is -2.66. The van der Waals surface area contributed by atoms with Crippen LogP contribution in [0.25, 0.3) is 66.8 Å². The van der Waals surface area contributed by atoms with Gasteiger partial charge in [-0.1, -0.05) is 85.5 Å². The number of aromatic carboxylic acids is 2. The van der Waals surface area contributed by atoms with E-state index in [1.54, 1.807) is 124 Å². The zero-order valence-electron chi connectivity index (χ0n) is 60.4. The lowest BCUT2D eigenvalue weighted by Gasteiger charge is -2.26. The van der Waals surface area contributed by atoms with Gasteiger partial charge in [0, 0.05) is 114 Å². The Bertz CT molecular complexity index is 5510. The van der Waals surface area contributed by atoms with Crippen molar-refractivity contribution in [2.45, 2.75) is 57.8 Å². The van der Waals surface area contributed by atoms with Gasteiger partial charge in [0.15, 0.2) is 36.9 Å². The number of imide groups is 2. The smallest absolute Gasteiger partial charge is 0.336 e. The highest BCUT2D eigenvalue weighted by molar-refractivity contribution is 7.57. The monoisotopic (exact) mass is 1520 g/mol. The number of allylic oxidation sites excluding steroid dienone is 4. The first kappa shape index (κ1) is 78.9. The summed E-state index contributed by atoms with van der Waals surface area (Å²) in [6.07, 6.45) is 16.0. The van der Waals surface area contributed by atoms with Crippen LogP contribution in [-0.4, -0.2) is 108 Å². The van der Waals surface area contributed by atoms with E-state index in [2.05, 4.69) is 17.2 Å². The second-order valence-corrected chi connectivity index (χ2v) is 32.6. The number of para-hydroxylation sites is 1. The summed E-state index contributed by atoms with van der Waals surface area (Å²) in [6, 6.07) is 40.9. The number of carbonyl (C=O) groups excluding carboxylic acids is 6. The molecule has 0 radical (unpaired) electrons. The maximum atomic E-state index is 13.6. The lowest BCUT2D eigenvalue weighted by atomic mass is 9.76. The fourth-order valence-corrected chi connectivity index (χ4v) is 14.5. The number of nitrogens with one attached hydrogen (secondary N) is 2. The third-order valence-electron chi connectivity index (χ3n) is 18.4. The third kappa shape index (κ3) is 19.0. The van der Waals surface area contributed by atoms with Crippen molar-refractivity contribution in [1.29, 1.82) is 0 Å². The van der Waals surface area contributed by atoms with E-state index in [0.717, 1.165) is 22.4 Å². The standard InChI is InChI=1S/C42H39N2O10P.C34H24N2O8.C8H15O2P/c1-55(2,52)53-21-20-25-7-4-9-32-37(25)41(49)44(40(32)48)27-15-12-24(13-16-27)6-3-11-36(47)43-26-14-18-29(33(22-26)42(50)51)38-30-19-17-28(45)23-35(30)54-39-31(38)8-5-10-34(39)46;37-22-9-12-25-28(17-22)44-29-18-23(38)10-13-26(29)33(25)24-11-6-20(16-27(24)34(42)43)35-30(39)3-1-2-19-4-7-21(8-5-19)36-31(40)14-15-32(36)41;1-4-5-6-7-8-10-11(2,3)9/h4-5,7-8,10,12-19,22-23,25,32,37,46H,3,6,9,11,20-21H2,1-2H3,(H,43,47)(H,50,51);4-18,37H,1-3H2,(H,35,39)(H,42,43);4-6H,1,7-8H2,2-3H3/b;;6-5+. The van der Waals surface area contributed by atoms with E-state index in [4.69, 9.17) is 17.9 Å². The third-order valence-corrected chi connectivity index (χ3v) is 20.1. The average molecular weight is 1530 g/mol. The Morgan fingerprint density at radius 3 is 1.64 bits per heavy atom. The van der Waals surface area contributed by atoms with Crippen LogP contribution in [0.4, 0.5) is 22.7 Å². The van der Waals surface area contributed by atoms with Gasteiger partial charge in [-0.3, -0.25) is 52.4 Å². The number of carboxylic acids is 2. The molecule has 7 aliphatic rings. The van der Waals surface area contributed by atoms with E-state index in [0.29, 0.717) is 106 Å². The first-order chi connectivity index (χ1) is 52.5. The molecule has 4 aliphatic heterocycles. The number of aromatic hydroxyl groups is 2. The topological polar surface area (TPSA) is 361 Å². The van der Waals surface area contributed by atoms with Crippen LogP contribution in [0.5, 0.6) is 11.5 Å². The number of nitrogens with zero attached hydrogens (tertiary/aromatic N) is 2. The quantitative estimate of drug-likeness (QED) is 0.00773. The molecule has 3 unspecified atom stereocenters. The summed E-state index contributed by atoms with van der Waals surface area (Å²) in [4.78, 5) is 128. The molecule has 3 aliphatic carbocycles. The van der Waals surface area contributed by atoms with Gasteiger partial charge in [0.25, 0.3) is 11.8 Å². The number of amides is 6. The van der Waals surface area contributed by atoms with Gasteiger partial charge in [0.1, 0.15) is 22.9 Å². The van der Waals surface area contributed by atoms with E-state index in [1.807, 2.05) is 36.4 Å². The SMILES string of the molecule is C=C/C=C/CCOP(C)(C)=O.CP(C)(=O)OCCC1C=CCC2C(=O)N(c3ccc(CCCC(=O)Nc4ccc(-c5c6ccc(=O)cc-6oc6c(O)cccc56)c(C(=O)O)c4)cc3)C(=O)C12.O=C(CCCc1ccc(N2C(=O)C=CC2=O)cc1)Nc1ccc(-c2c3ccc(=O)cc-3oc3cc(O)ccc23)c(C(=O)O)c1. The zero-order valence-corrected chi connectivity index (χ0v) is 62.2. The summed E-state index contributed by atoms with van der Waals surface area (Å²) < 4.78 is 45.2. The number of carboxylic acid groups (broad SMARTS) is 2. The van der Waals surface area contributed by atoms with Crippen molar-refractivity contribution < 1.29 is 85.8 Å². The number of hydrogen-bond donors (Lipinski definition) is 6. The molecule has 0 bridgehead atoms. The van der Waals surface area contributed by atoms with Crippen molar-refractivity contribution in [3.63, 3.8) is 0 Å². The first-order valence-electron chi connectivity index (χ1n) is 35.2. The van der Waals surface area contributed by atoms with Gasteiger partial charge >= 0.3 is 11.9 Å². The normalized spacial score (nSPS) is 15.4. The molecular weight excluding hydrogens is 1450 g/mol. The molecule has 6 aromatic carbocycles. The predicted octanol–water partition coefficient (Wildman–Crippen LogP) is 15.6. The molecule has 1 saturated heterocycles. The fraction of sp³-hybridized carbons (Fsp3) is 0.214. The van der Waals surface area contributed by atoms with Crippen LogP contribution < -0.4 is 31.3 Å². The molecule has 564 valence electrons. The summed E-state index contributed by atoms with van der Waals surface area (Å²) in [5, 5.41) is 47.4. The summed E-state index contributed by atoms with van der Waals surface area (Å²) in [7, 11) is -4.93. The number of anilines is 4. The molecule has 6 N–H and O–H groups in total. The Hall–Kier alpha value is -12.2. The van der Waals surface area contributed by atoms with E-state index in [9.17, 15) is 77.5 Å². The van der Waals surface area contributed by atoms with Crippen LogP contribution in [0.15, 0.2) is 225 Å². The molecule has 3 atom stereocenters. The summed E-state index contributed by atoms with van der Waals surface area (Å²) in [6.45, 7) is 10.6. The van der Waals surface area contributed by atoms with Gasteiger partial charge in [-0.2, -0.15) is 0 Å². The van der Waals surface area contributed by atoms with Gasteiger partial charge in [0.2, 0.25) is 23.6 Å². The molecular formula is C84H78N4O20P2. The molecule has 6 amide bonds. The van der Waals surface area contributed by atoms with E-state index < -0.39 is 50.3 Å². The molecule has 0 aromatic heterocycles. The van der Waals surface area contributed by atoms with Crippen LogP contribution in [0, 0.1) is 17.8 Å². The van der Waals surface area contributed by atoms with Crippen molar-refractivity contribution >= 4 is 107 Å². The molecule has 1 fully saturated rings. The molecule has 26 heteroatoms. The van der Waals surface area contributed by atoms with Gasteiger partial charge < -0.3 is 48.9 Å². The van der Waals surface area contributed by atoms with E-state index in [1.165, 1.54) is 71.6 Å². The predicted molar refractivity (Wildman–Crippen MR) is 420 cm³/mol. The number of hydrogen-bond acceptors (Lipinski definition) is 18. The van der Waals surface area contributed by atoms with Crippen molar-refractivity contribution in [1.82, 2.24) is 0 Å². The van der Waals surface area contributed by atoms with Crippen LogP contribution in [0.3, 0.4) is 0 Å². The number of phenolic OH excluding ortho intramolecular Hbond substituents is 2. The van der Waals surface area contributed by atoms with Crippen LogP contribution in [0.2, 0.25) is 0 Å². The molecule has 6 aromatic rings. The fourth-order valence-electron chi connectivity index (χ4n) is 13.5. The maximum absolute atomic E-state index is 13.6. The second-order valence-electron chi connectivity index (χ2n) is 27.1. The molecule has 110 heavy (non-hydrogen) atoms. The Labute approximate surface area is 631 Å². The van der Waals surface area contributed by atoms with Crippen LogP contribution >= 0.6 is 14.7 Å². The molecule has 13 rings (SSSR count). The number of rotatable bonds is 25. The number of phenols is 2. The number of benzene rings is 8. The number of carbonyl (C=O) groups is 8. The Morgan fingerprint density at radius 2 is 1.10 bits per heavy atom. The van der Waals surface area contributed by atoms with Crippen molar-refractivity contribution in [2.24, 2.45) is 17.8 Å². The highest BCUT2D eigenvalue weighted by atomic mass is 31.2. The zero-order chi connectivity index (χ0) is 78.7. The lowest BCUT2D eigenvalue weighted by molar-refractivity contribution is -0.123. The van der Waals surface area contributed by atoms with Gasteiger partial charge in [0.05, 0.1) is 47.6 Å². The lowest BCUT2D eigenvalue weighted by Crippen LogP contribution is -2.32. The minimum absolute atomic E-state index is 0.0500. The minimum Gasteiger partial charge on any atom is -0.508 e. The van der Waals surface area contributed by atoms with Crippen molar-refractivity contribution in [2.75, 3.05) is 60.3 Å². The highest BCUT2D eigenvalue weighted by Gasteiger charge is 2.51. The molecule has 24 nitrogen and oxygen atoms in total. The van der Waals surface area contributed by atoms with Gasteiger partial charge in [-0.15, -0.1) is 0 Å². The number of fused-ring (bicyclic) bond motifs is 5.